The fraction of sp³-hybridized carbons (Fsp3) is 0.387. The summed E-state index contributed by atoms with van der Waals surface area (Å²) in [6.45, 7) is 6.40. The van der Waals surface area contributed by atoms with Crippen LogP contribution in [0.3, 0.4) is 0 Å². The van der Waals surface area contributed by atoms with Gasteiger partial charge in [0.2, 0.25) is 5.91 Å². The Bertz CT molecular complexity index is 1390. The van der Waals surface area contributed by atoms with Gasteiger partial charge in [0.25, 0.3) is 0 Å². The summed E-state index contributed by atoms with van der Waals surface area (Å²) < 4.78 is 22.6. The number of hydrogen-bond donors (Lipinski definition) is 1. The number of fused-ring (bicyclic) bond motifs is 1. The zero-order valence-electron chi connectivity index (χ0n) is 24.1. The van der Waals surface area contributed by atoms with Crippen LogP contribution in [-0.4, -0.2) is 80.5 Å². The predicted molar refractivity (Wildman–Crippen MR) is 161 cm³/mol. The maximum absolute atomic E-state index is 13.8. The van der Waals surface area contributed by atoms with E-state index in [4.69, 9.17) is 23.9 Å². The van der Waals surface area contributed by atoms with Crippen LogP contribution in [0.1, 0.15) is 30.5 Å². The van der Waals surface area contributed by atoms with Crippen LogP contribution in [0.2, 0.25) is 0 Å². The minimum absolute atomic E-state index is 0.104. The Hall–Kier alpha value is -3.80. The summed E-state index contributed by atoms with van der Waals surface area (Å²) in [4.78, 5) is 35.8. The molecule has 0 aliphatic carbocycles. The van der Waals surface area contributed by atoms with Crippen molar-refractivity contribution in [1.29, 1.82) is 0 Å². The lowest BCUT2D eigenvalue weighted by Crippen LogP contribution is -2.42. The Balaban J connectivity index is 1.41. The molecule has 222 valence electrons. The molecule has 11 heteroatoms. The number of allylic oxidation sites excluding steroid dienone is 1. The third-order valence-corrected chi connectivity index (χ3v) is 8.25. The van der Waals surface area contributed by atoms with E-state index in [1.807, 2.05) is 58.8 Å². The number of morpholine rings is 1. The Morgan fingerprint density at radius 2 is 1.86 bits per heavy atom. The molecule has 1 saturated heterocycles. The Labute approximate surface area is 250 Å². The molecule has 2 aromatic carbocycles. The van der Waals surface area contributed by atoms with Crippen LogP contribution < -0.4 is 14.8 Å². The molecule has 0 saturated carbocycles. The molecule has 0 spiro atoms. The number of esters is 1. The topological polar surface area (TPSA) is 102 Å². The molecular weight excluding hydrogens is 556 g/mol. The van der Waals surface area contributed by atoms with Crippen LogP contribution in [-0.2, 0) is 25.7 Å². The monoisotopic (exact) mass is 592 g/mol. The molecular formula is C31H36N4O6S. The summed E-state index contributed by atoms with van der Waals surface area (Å²) >= 11 is 1.43. The van der Waals surface area contributed by atoms with Crippen molar-refractivity contribution in [2.45, 2.75) is 26.0 Å². The number of aliphatic imine (C=N–C) groups is 1. The first-order chi connectivity index (χ1) is 20.5. The van der Waals surface area contributed by atoms with Crippen molar-refractivity contribution in [1.82, 2.24) is 15.1 Å². The molecule has 10 nitrogen and oxygen atoms in total. The van der Waals surface area contributed by atoms with Gasteiger partial charge in [-0.25, -0.2) is 9.79 Å². The number of carbonyl (C=O) groups is 2. The van der Waals surface area contributed by atoms with Crippen LogP contribution in [0.25, 0.3) is 0 Å². The smallest absolute Gasteiger partial charge is 0.338 e. The second-order valence-electron chi connectivity index (χ2n) is 10.0. The standard InChI is InChI=1S/C31H36N4O6S/c1-21-27(30(37)41-19-22-8-5-4-6-9-22)28(24-10-7-11-25(38-2)29(24)39-3)35-23(20-42-31(35)33-21)18-26(36)32-12-13-34-14-16-40-17-15-34/h4-11,20,28H,12-19H2,1-3H3,(H,32,36)/t28-/m1/s1. The molecule has 2 aromatic rings. The first kappa shape index (κ1) is 29.7. The third kappa shape index (κ3) is 6.64. The number of nitrogens with zero attached hydrogens (tertiary/aromatic N) is 3. The minimum Gasteiger partial charge on any atom is -0.493 e. The molecule has 0 bridgehead atoms. The van der Waals surface area contributed by atoms with Crippen molar-refractivity contribution in [3.63, 3.8) is 0 Å². The molecule has 0 radical (unpaired) electrons. The second kappa shape index (κ2) is 13.9. The van der Waals surface area contributed by atoms with Crippen LogP contribution in [0.15, 0.2) is 75.9 Å². The third-order valence-electron chi connectivity index (χ3n) is 7.36. The number of nitrogens with one attached hydrogen (secondary N) is 1. The summed E-state index contributed by atoms with van der Waals surface area (Å²) in [6, 6.07) is 14.4. The summed E-state index contributed by atoms with van der Waals surface area (Å²) in [7, 11) is 3.14. The first-order valence-corrected chi connectivity index (χ1v) is 14.8. The van der Waals surface area contributed by atoms with Gasteiger partial charge in [-0.3, -0.25) is 9.69 Å². The lowest BCUT2D eigenvalue weighted by molar-refractivity contribution is -0.141. The van der Waals surface area contributed by atoms with E-state index >= 15 is 0 Å². The van der Waals surface area contributed by atoms with Gasteiger partial charge in [-0.15, -0.1) is 0 Å². The molecule has 3 aliphatic rings. The van der Waals surface area contributed by atoms with E-state index in [2.05, 4.69) is 10.2 Å². The zero-order chi connectivity index (χ0) is 29.5. The van der Waals surface area contributed by atoms with Gasteiger partial charge in [-0.2, -0.15) is 0 Å². The van der Waals surface area contributed by atoms with Crippen LogP contribution in [0, 0.1) is 0 Å². The van der Waals surface area contributed by atoms with E-state index in [0.717, 1.165) is 30.9 Å². The maximum Gasteiger partial charge on any atom is 0.338 e. The summed E-state index contributed by atoms with van der Waals surface area (Å²) in [6.07, 6.45) is 0.128. The number of benzene rings is 2. The number of ether oxygens (including phenoxy) is 4. The fourth-order valence-corrected chi connectivity index (χ4v) is 6.22. The summed E-state index contributed by atoms with van der Waals surface area (Å²) in [5, 5.41) is 5.64. The van der Waals surface area contributed by atoms with E-state index in [1.54, 1.807) is 21.1 Å². The number of carbonyl (C=O) groups excluding carboxylic acids is 2. The lowest BCUT2D eigenvalue weighted by atomic mass is 9.92. The van der Waals surface area contributed by atoms with Crippen molar-refractivity contribution in [2.24, 2.45) is 4.99 Å². The average Bonchev–Trinajstić information content (AvgIpc) is 3.41. The Kier molecular flexibility index (Phi) is 9.83. The van der Waals surface area contributed by atoms with Gasteiger partial charge in [0.15, 0.2) is 16.7 Å². The quantitative estimate of drug-likeness (QED) is 0.390. The zero-order valence-corrected chi connectivity index (χ0v) is 24.9. The highest BCUT2D eigenvalue weighted by Crippen LogP contribution is 2.48. The normalized spacial score (nSPS) is 18.6. The van der Waals surface area contributed by atoms with Gasteiger partial charge in [0.05, 0.1) is 51.2 Å². The summed E-state index contributed by atoms with van der Waals surface area (Å²) in [5.41, 5.74) is 3.24. The number of hydrogen-bond acceptors (Lipinski definition) is 10. The van der Waals surface area contributed by atoms with E-state index < -0.39 is 12.0 Å². The van der Waals surface area contributed by atoms with Gasteiger partial charge in [-0.1, -0.05) is 54.2 Å². The van der Waals surface area contributed by atoms with Crippen LogP contribution in [0.5, 0.6) is 11.5 Å². The molecule has 1 N–H and O–H groups in total. The minimum atomic E-state index is -0.645. The number of amidine groups is 1. The molecule has 3 aliphatic heterocycles. The highest BCUT2D eigenvalue weighted by Gasteiger charge is 2.42. The van der Waals surface area contributed by atoms with E-state index in [9.17, 15) is 9.59 Å². The molecule has 0 unspecified atom stereocenters. The number of rotatable bonds is 11. The van der Waals surface area contributed by atoms with Crippen LogP contribution in [0.4, 0.5) is 0 Å². The molecule has 42 heavy (non-hydrogen) atoms. The highest BCUT2D eigenvalue weighted by molar-refractivity contribution is 8.16. The van der Waals surface area contributed by atoms with Crippen molar-refractivity contribution >= 4 is 28.8 Å². The molecule has 0 aromatic heterocycles. The van der Waals surface area contributed by atoms with Gasteiger partial charge < -0.3 is 29.2 Å². The van der Waals surface area contributed by atoms with Gasteiger partial charge in [0, 0.05) is 37.4 Å². The molecule has 1 fully saturated rings. The number of thioether (sulfide) groups is 1. The maximum atomic E-state index is 13.8. The van der Waals surface area contributed by atoms with Crippen molar-refractivity contribution in [2.75, 3.05) is 53.6 Å². The molecule has 1 atom stereocenters. The van der Waals surface area contributed by atoms with Gasteiger partial charge >= 0.3 is 5.97 Å². The SMILES string of the molecule is COc1cccc([C@@H]2C(C(=O)OCc3ccccc3)=C(C)N=C3SC=C(CC(=O)NCCN4CCOCC4)N32)c1OC. The number of para-hydroxylation sites is 1. The van der Waals surface area contributed by atoms with Crippen molar-refractivity contribution in [3.05, 3.63) is 82.0 Å². The number of amides is 1. The predicted octanol–water partition coefficient (Wildman–Crippen LogP) is 3.86. The Morgan fingerprint density at radius 3 is 2.60 bits per heavy atom. The van der Waals surface area contributed by atoms with Crippen molar-refractivity contribution < 1.29 is 28.5 Å². The highest BCUT2D eigenvalue weighted by atomic mass is 32.2. The van der Waals surface area contributed by atoms with Gasteiger partial charge in [-0.05, 0) is 24.0 Å². The molecule has 5 rings (SSSR count). The lowest BCUT2D eigenvalue weighted by Gasteiger charge is -2.37. The molecule has 1 amide bonds. The van der Waals surface area contributed by atoms with E-state index in [1.165, 1.54) is 11.8 Å². The first-order valence-electron chi connectivity index (χ1n) is 13.9. The summed E-state index contributed by atoms with van der Waals surface area (Å²) in [5.74, 6) is 0.443. The largest absolute Gasteiger partial charge is 0.493 e. The fourth-order valence-electron chi connectivity index (χ4n) is 5.26. The van der Waals surface area contributed by atoms with Crippen molar-refractivity contribution in [3.8, 4) is 11.5 Å². The average molecular weight is 593 g/mol. The second-order valence-corrected chi connectivity index (χ2v) is 10.9. The van der Waals surface area contributed by atoms with E-state index in [-0.39, 0.29) is 18.9 Å². The Morgan fingerprint density at radius 1 is 1.07 bits per heavy atom. The van der Waals surface area contributed by atoms with E-state index in [0.29, 0.717) is 53.3 Å². The van der Waals surface area contributed by atoms with Crippen LogP contribution >= 0.6 is 11.8 Å². The van der Waals surface area contributed by atoms with Gasteiger partial charge in [0.1, 0.15) is 6.61 Å². The molecule has 3 heterocycles. The number of methoxy groups -OCH3 is 2.